The number of benzene rings is 2. The first-order chi connectivity index (χ1) is 18.1. The summed E-state index contributed by atoms with van der Waals surface area (Å²) in [6.07, 6.45) is 3.09. The molecule has 4 N–H and O–H groups in total. The molecule has 0 aliphatic heterocycles. The molecule has 2 aromatic heterocycles. The van der Waals surface area contributed by atoms with Crippen LogP contribution >= 0.6 is 11.6 Å². The lowest BCUT2D eigenvalue weighted by Gasteiger charge is -2.22. The van der Waals surface area contributed by atoms with Gasteiger partial charge >= 0.3 is 0 Å². The van der Waals surface area contributed by atoms with E-state index in [1.807, 2.05) is 24.3 Å². The molecule has 0 saturated carbocycles. The molecule has 0 aliphatic carbocycles. The minimum Gasteiger partial charge on any atom is -0.383 e. The number of nitrogens with two attached hydrogens (primary N) is 1. The molecular weight excluding hydrogens is 502 g/mol. The number of nitrogens with one attached hydrogen (secondary N) is 2. The fourth-order valence-corrected chi connectivity index (χ4v) is 4.21. The van der Waals surface area contributed by atoms with Gasteiger partial charge in [-0.2, -0.15) is 10.5 Å². The van der Waals surface area contributed by atoms with Gasteiger partial charge in [0, 0.05) is 28.8 Å². The van der Waals surface area contributed by atoms with Gasteiger partial charge in [0.05, 0.1) is 34.6 Å². The number of anilines is 2. The number of aromatic nitrogens is 4. The van der Waals surface area contributed by atoms with Gasteiger partial charge < -0.3 is 16.4 Å². The predicted molar refractivity (Wildman–Crippen MR) is 145 cm³/mol. The summed E-state index contributed by atoms with van der Waals surface area (Å²) in [5.41, 5.74) is 8.85. The molecule has 10 nitrogen and oxygen atoms in total. The van der Waals surface area contributed by atoms with Crippen LogP contribution in [-0.4, -0.2) is 32.4 Å². The standard InChI is InChI=1S/C27H26ClN9O/c1-27(2,3)15-33-25-17(11-30)12-32-24-16(10-29)8-18(9-20(24)25)34-26(19-6-4-5-7-21(19)28)22-13-37(36-35-22)14-23(31)38/h4-9,12-13,26,34H,14-15H2,1-3H3,(H2,31,38)(H,32,33)/t26-/m0/s1. The summed E-state index contributed by atoms with van der Waals surface area (Å²) in [5, 5.41) is 35.9. The number of carbonyl (C=O) groups is 1. The largest absolute Gasteiger partial charge is 0.383 e. The highest BCUT2D eigenvalue weighted by Crippen LogP contribution is 2.35. The van der Waals surface area contributed by atoms with E-state index in [2.05, 4.69) is 58.8 Å². The molecule has 0 aliphatic rings. The quantitative estimate of drug-likeness (QED) is 0.304. The molecule has 4 rings (SSSR count). The Labute approximate surface area is 225 Å². The molecule has 0 bridgehead atoms. The highest BCUT2D eigenvalue weighted by molar-refractivity contribution is 6.31. The van der Waals surface area contributed by atoms with Crippen LogP contribution in [0.2, 0.25) is 5.02 Å². The van der Waals surface area contributed by atoms with Crippen LogP contribution in [0, 0.1) is 28.1 Å². The van der Waals surface area contributed by atoms with Crippen molar-refractivity contribution in [1.29, 1.82) is 10.5 Å². The first kappa shape index (κ1) is 26.4. The minimum absolute atomic E-state index is 0.0534. The second-order valence-electron chi connectivity index (χ2n) is 10.0. The average molecular weight is 528 g/mol. The van der Waals surface area contributed by atoms with Crippen molar-refractivity contribution in [2.24, 2.45) is 11.1 Å². The number of primary amides is 1. The van der Waals surface area contributed by atoms with Crippen molar-refractivity contribution in [2.45, 2.75) is 33.4 Å². The van der Waals surface area contributed by atoms with Crippen molar-refractivity contribution in [3.63, 3.8) is 0 Å². The van der Waals surface area contributed by atoms with Crippen LogP contribution in [0.1, 0.15) is 49.2 Å². The third-order valence-electron chi connectivity index (χ3n) is 5.70. The van der Waals surface area contributed by atoms with Crippen LogP contribution in [0.4, 0.5) is 11.4 Å². The van der Waals surface area contributed by atoms with Gasteiger partial charge in [0.15, 0.2) is 0 Å². The van der Waals surface area contributed by atoms with Crippen molar-refractivity contribution in [3.8, 4) is 12.1 Å². The number of halogens is 1. The lowest BCUT2D eigenvalue weighted by molar-refractivity contribution is -0.118. The molecule has 1 atom stereocenters. The smallest absolute Gasteiger partial charge is 0.239 e. The molecule has 0 unspecified atom stereocenters. The Hall–Kier alpha value is -4.67. The van der Waals surface area contributed by atoms with Crippen LogP contribution < -0.4 is 16.4 Å². The van der Waals surface area contributed by atoms with Gasteiger partial charge in [-0.05, 0) is 29.2 Å². The van der Waals surface area contributed by atoms with Gasteiger partial charge in [-0.3, -0.25) is 9.78 Å². The van der Waals surface area contributed by atoms with Gasteiger partial charge in [0.1, 0.15) is 24.4 Å². The van der Waals surface area contributed by atoms with Crippen LogP contribution in [0.15, 0.2) is 48.8 Å². The normalized spacial score (nSPS) is 11.9. The maximum absolute atomic E-state index is 11.4. The Morgan fingerprint density at radius 1 is 1.18 bits per heavy atom. The summed E-state index contributed by atoms with van der Waals surface area (Å²) in [5.74, 6) is -0.548. The van der Waals surface area contributed by atoms with E-state index in [4.69, 9.17) is 17.3 Å². The van der Waals surface area contributed by atoms with E-state index in [0.717, 1.165) is 0 Å². The topological polar surface area (TPSA) is 158 Å². The molecular formula is C27H26ClN9O. The number of pyridine rings is 1. The lowest BCUT2D eigenvalue weighted by Crippen LogP contribution is -2.20. The molecule has 38 heavy (non-hydrogen) atoms. The van der Waals surface area contributed by atoms with E-state index in [-0.39, 0.29) is 12.0 Å². The van der Waals surface area contributed by atoms with E-state index in [1.165, 1.54) is 10.9 Å². The second kappa shape index (κ2) is 10.8. The van der Waals surface area contributed by atoms with Crippen LogP contribution in [0.25, 0.3) is 10.9 Å². The van der Waals surface area contributed by atoms with Gasteiger partial charge in [0.25, 0.3) is 0 Å². The number of nitrogens with zero attached hydrogens (tertiary/aromatic N) is 6. The highest BCUT2D eigenvalue weighted by atomic mass is 35.5. The van der Waals surface area contributed by atoms with Crippen LogP contribution in [0.3, 0.4) is 0 Å². The number of nitriles is 2. The highest BCUT2D eigenvalue weighted by Gasteiger charge is 2.23. The zero-order chi connectivity index (χ0) is 27.4. The number of carbonyl (C=O) groups excluding carboxylic acids is 1. The van der Waals surface area contributed by atoms with E-state index in [0.29, 0.717) is 56.2 Å². The fourth-order valence-electron chi connectivity index (χ4n) is 3.97. The number of hydrogen-bond acceptors (Lipinski definition) is 8. The maximum atomic E-state index is 11.4. The Morgan fingerprint density at radius 3 is 2.58 bits per heavy atom. The molecule has 0 fully saturated rings. The molecule has 0 spiro atoms. The predicted octanol–water partition coefficient (Wildman–Crippen LogP) is 4.37. The fraction of sp³-hybridized carbons (Fsp3) is 0.259. The Morgan fingerprint density at radius 2 is 1.92 bits per heavy atom. The monoisotopic (exact) mass is 527 g/mol. The van der Waals surface area contributed by atoms with Crippen molar-refractivity contribution in [1.82, 2.24) is 20.0 Å². The number of hydrogen-bond donors (Lipinski definition) is 3. The average Bonchev–Trinajstić information content (AvgIpc) is 3.32. The summed E-state index contributed by atoms with van der Waals surface area (Å²) in [4.78, 5) is 15.8. The number of rotatable bonds is 8. The van der Waals surface area contributed by atoms with E-state index in [9.17, 15) is 15.3 Å². The summed E-state index contributed by atoms with van der Waals surface area (Å²) < 4.78 is 1.35. The lowest BCUT2D eigenvalue weighted by atomic mass is 9.96. The summed E-state index contributed by atoms with van der Waals surface area (Å²) >= 11 is 6.55. The molecule has 11 heteroatoms. The van der Waals surface area contributed by atoms with Crippen molar-refractivity contribution < 1.29 is 4.79 Å². The SMILES string of the molecule is CC(C)(C)CNc1c(C#N)cnc2c(C#N)cc(N[C@H](c3cn(CC(N)=O)nn3)c3ccccc3Cl)cc12. The summed E-state index contributed by atoms with van der Waals surface area (Å²) in [6, 6.07) is 14.6. The Bertz CT molecular complexity index is 1590. The molecule has 1 amide bonds. The zero-order valence-corrected chi connectivity index (χ0v) is 21.9. The van der Waals surface area contributed by atoms with Crippen molar-refractivity contribution in [3.05, 3.63) is 76.2 Å². The van der Waals surface area contributed by atoms with E-state index in [1.54, 1.807) is 18.3 Å². The number of amides is 1. The second-order valence-corrected chi connectivity index (χ2v) is 10.4. The van der Waals surface area contributed by atoms with Crippen LogP contribution in [-0.2, 0) is 11.3 Å². The van der Waals surface area contributed by atoms with Gasteiger partial charge in [-0.25, -0.2) is 4.68 Å². The van der Waals surface area contributed by atoms with Crippen LogP contribution in [0.5, 0.6) is 0 Å². The van der Waals surface area contributed by atoms with Gasteiger partial charge in [-0.15, -0.1) is 5.10 Å². The van der Waals surface area contributed by atoms with E-state index >= 15 is 0 Å². The number of fused-ring (bicyclic) bond motifs is 1. The molecule has 2 aromatic carbocycles. The summed E-state index contributed by atoms with van der Waals surface area (Å²) in [6.45, 7) is 6.74. The Kier molecular flexibility index (Phi) is 7.47. The maximum Gasteiger partial charge on any atom is 0.239 e. The van der Waals surface area contributed by atoms with Gasteiger partial charge in [-0.1, -0.05) is 55.8 Å². The third kappa shape index (κ3) is 5.83. The van der Waals surface area contributed by atoms with E-state index < -0.39 is 11.9 Å². The van der Waals surface area contributed by atoms with Crippen molar-refractivity contribution in [2.75, 3.05) is 17.2 Å². The van der Waals surface area contributed by atoms with Crippen molar-refractivity contribution >= 4 is 39.8 Å². The summed E-state index contributed by atoms with van der Waals surface area (Å²) in [7, 11) is 0. The molecule has 4 aromatic rings. The minimum atomic E-state index is -0.576. The molecule has 0 radical (unpaired) electrons. The third-order valence-corrected chi connectivity index (χ3v) is 6.05. The van der Waals surface area contributed by atoms with Gasteiger partial charge in [0.2, 0.25) is 5.91 Å². The Balaban J connectivity index is 1.85. The zero-order valence-electron chi connectivity index (χ0n) is 21.2. The molecule has 0 saturated heterocycles. The molecule has 192 valence electrons. The first-order valence-electron chi connectivity index (χ1n) is 11.8. The molecule has 2 heterocycles. The first-order valence-corrected chi connectivity index (χ1v) is 12.2.